The number of rotatable bonds is 9. The van der Waals surface area contributed by atoms with Crippen molar-refractivity contribution in [1.29, 1.82) is 0 Å². The number of anilines is 1. The summed E-state index contributed by atoms with van der Waals surface area (Å²) in [6.07, 6.45) is -4.79. The van der Waals surface area contributed by atoms with Gasteiger partial charge in [0.15, 0.2) is 13.1 Å². The molecule has 0 aliphatic heterocycles. The highest BCUT2D eigenvalue weighted by molar-refractivity contribution is 5.91. The second-order valence-electron chi connectivity index (χ2n) is 6.11. The van der Waals surface area contributed by atoms with Crippen molar-refractivity contribution in [2.75, 3.05) is 32.0 Å². The molecule has 0 bridgehead atoms. The highest BCUT2D eigenvalue weighted by atomic mass is 19.4. The molecule has 1 aromatic rings. The van der Waals surface area contributed by atoms with Gasteiger partial charge in [-0.2, -0.15) is 0 Å². The van der Waals surface area contributed by atoms with Gasteiger partial charge in [-0.1, -0.05) is 0 Å². The van der Waals surface area contributed by atoms with Crippen molar-refractivity contribution < 1.29 is 37.2 Å². The molecule has 1 rings (SSSR count). The molecule has 11 heteroatoms. The third-order valence-electron chi connectivity index (χ3n) is 3.42. The Morgan fingerprint density at radius 1 is 1.11 bits per heavy atom. The van der Waals surface area contributed by atoms with Crippen LogP contribution in [0, 0.1) is 0 Å². The van der Waals surface area contributed by atoms with Gasteiger partial charge < -0.3 is 25.6 Å². The molecular formula is C17H24F3N4O4+. The summed E-state index contributed by atoms with van der Waals surface area (Å²) < 4.78 is 40.1. The highest BCUT2D eigenvalue weighted by Crippen LogP contribution is 2.23. The first-order valence-electron chi connectivity index (χ1n) is 8.54. The Morgan fingerprint density at radius 3 is 2.21 bits per heavy atom. The van der Waals surface area contributed by atoms with Gasteiger partial charge in [0.2, 0.25) is 5.91 Å². The van der Waals surface area contributed by atoms with Gasteiger partial charge in [-0.3, -0.25) is 14.4 Å². The topological polar surface area (TPSA) is 101 Å². The van der Waals surface area contributed by atoms with Gasteiger partial charge in [-0.25, -0.2) is 0 Å². The molecule has 2 atom stereocenters. The number of amides is 3. The van der Waals surface area contributed by atoms with Gasteiger partial charge in [0.1, 0.15) is 11.8 Å². The number of hydrogen-bond acceptors (Lipinski definition) is 4. The standard InChI is InChI=1S/C17H23F3N4O4/c1-4-21-16(27)11(2)22-14(25)9-24(3)10-15(26)23-12-5-7-13(8-6-12)28-17(18,19)20/h5-8,11H,4,9-10H2,1-3H3,(H,21,27)(H,22,25)(H,23,26)/p+1/t11-/m0/s1. The second-order valence-corrected chi connectivity index (χ2v) is 6.11. The molecule has 0 aromatic heterocycles. The molecule has 3 amide bonds. The first-order valence-corrected chi connectivity index (χ1v) is 8.54. The average Bonchev–Trinajstić information content (AvgIpc) is 2.55. The summed E-state index contributed by atoms with van der Waals surface area (Å²) in [5.41, 5.74) is 0.293. The Bertz CT molecular complexity index is 680. The Morgan fingerprint density at radius 2 is 1.68 bits per heavy atom. The van der Waals surface area contributed by atoms with E-state index in [9.17, 15) is 27.6 Å². The van der Waals surface area contributed by atoms with E-state index in [4.69, 9.17) is 0 Å². The minimum absolute atomic E-state index is 0.0322. The molecule has 0 radical (unpaired) electrons. The quantitative estimate of drug-likeness (QED) is 0.452. The van der Waals surface area contributed by atoms with Crippen LogP contribution in [0.15, 0.2) is 24.3 Å². The van der Waals surface area contributed by atoms with Crippen molar-refractivity contribution in [2.24, 2.45) is 0 Å². The van der Waals surface area contributed by atoms with Gasteiger partial charge in [-0.05, 0) is 38.1 Å². The summed E-state index contributed by atoms with van der Waals surface area (Å²) in [7, 11) is 1.62. The summed E-state index contributed by atoms with van der Waals surface area (Å²) in [5, 5.41) is 7.64. The summed E-state index contributed by atoms with van der Waals surface area (Å²) >= 11 is 0. The molecule has 0 saturated carbocycles. The Hall–Kier alpha value is -2.82. The Kier molecular flexibility index (Phi) is 8.71. The van der Waals surface area contributed by atoms with Crippen LogP contribution in [-0.4, -0.2) is 56.8 Å². The fraction of sp³-hybridized carbons (Fsp3) is 0.471. The number of likely N-dealkylation sites (N-methyl/N-ethyl adjacent to an activating group) is 2. The van der Waals surface area contributed by atoms with Gasteiger partial charge >= 0.3 is 6.36 Å². The molecule has 0 aliphatic rings. The molecule has 28 heavy (non-hydrogen) atoms. The van der Waals surface area contributed by atoms with Crippen molar-refractivity contribution >= 4 is 23.4 Å². The van der Waals surface area contributed by atoms with Crippen LogP contribution in [0.4, 0.5) is 18.9 Å². The fourth-order valence-corrected chi connectivity index (χ4v) is 2.24. The van der Waals surface area contributed by atoms with E-state index >= 15 is 0 Å². The lowest BCUT2D eigenvalue weighted by molar-refractivity contribution is -0.862. The van der Waals surface area contributed by atoms with Crippen LogP contribution in [0.2, 0.25) is 0 Å². The van der Waals surface area contributed by atoms with Crippen LogP contribution >= 0.6 is 0 Å². The second kappa shape index (κ2) is 10.5. The van der Waals surface area contributed by atoms with Gasteiger partial charge in [-0.15, -0.1) is 13.2 Å². The van der Waals surface area contributed by atoms with Crippen molar-refractivity contribution in [3.05, 3.63) is 24.3 Å². The first kappa shape index (κ1) is 23.2. The van der Waals surface area contributed by atoms with Crippen LogP contribution in [0.3, 0.4) is 0 Å². The lowest BCUT2D eigenvalue weighted by Crippen LogP contribution is -3.11. The van der Waals surface area contributed by atoms with Crippen LogP contribution < -0.4 is 25.6 Å². The molecule has 0 heterocycles. The number of carbonyl (C=O) groups excluding carboxylic acids is 3. The zero-order valence-corrected chi connectivity index (χ0v) is 15.8. The van der Waals surface area contributed by atoms with Crippen LogP contribution in [0.1, 0.15) is 13.8 Å². The molecular weight excluding hydrogens is 381 g/mol. The third kappa shape index (κ3) is 9.21. The van der Waals surface area contributed by atoms with Crippen molar-refractivity contribution in [3.8, 4) is 5.75 Å². The predicted octanol–water partition coefficient (Wildman–Crippen LogP) is -0.321. The van der Waals surface area contributed by atoms with Crippen molar-refractivity contribution in [3.63, 3.8) is 0 Å². The fourth-order valence-electron chi connectivity index (χ4n) is 2.24. The summed E-state index contributed by atoms with van der Waals surface area (Å²) in [4.78, 5) is 36.1. The van der Waals surface area contributed by atoms with Gasteiger partial charge in [0, 0.05) is 12.2 Å². The molecule has 8 nitrogen and oxygen atoms in total. The van der Waals surface area contributed by atoms with Gasteiger partial charge in [0.05, 0.1) is 7.05 Å². The molecule has 1 unspecified atom stereocenters. The number of alkyl halides is 3. The molecule has 0 spiro atoms. The Labute approximate surface area is 160 Å². The maximum absolute atomic E-state index is 12.1. The number of quaternary nitrogens is 1. The minimum Gasteiger partial charge on any atom is -0.406 e. The van der Waals surface area contributed by atoms with E-state index in [0.717, 1.165) is 12.1 Å². The molecule has 1 aromatic carbocycles. The average molecular weight is 405 g/mol. The SMILES string of the molecule is CCNC(=O)[C@H](C)NC(=O)C[NH+](C)CC(=O)Nc1ccc(OC(F)(F)F)cc1. The summed E-state index contributed by atoms with van der Waals surface area (Å²) in [6, 6.07) is 4.02. The van der Waals surface area contributed by atoms with Crippen molar-refractivity contribution in [2.45, 2.75) is 26.3 Å². The molecule has 0 fully saturated rings. The number of halogens is 3. The normalized spacial score (nSPS) is 13.2. The molecule has 0 saturated heterocycles. The summed E-state index contributed by atoms with van der Waals surface area (Å²) in [6.45, 7) is 3.68. The molecule has 0 aliphatic carbocycles. The smallest absolute Gasteiger partial charge is 0.406 e. The van der Waals surface area contributed by atoms with Crippen LogP contribution in [0.25, 0.3) is 0 Å². The number of ether oxygens (including phenoxy) is 1. The molecule has 156 valence electrons. The minimum atomic E-state index is -4.79. The maximum Gasteiger partial charge on any atom is 0.573 e. The lowest BCUT2D eigenvalue weighted by Gasteiger charge is -2.16. The number of nitrogens with one attached hydrogen (secondary N) is 4. The van der Waals surface area contributed by atoms with Crippen LogP contribution in [0.5, 0.6) is 5.75 Å². The Balaban J connectivity index is 2.43. The first-order chi connectivity index (χ1) is 13.0. The highest BCUT2D eigenvalue weighted by Gasteiger charge is 2.31. The van der Waals surface area contributed by atoms with E-state index in [1.807, 2.05) is 0 Å². The van der Waals surface area contributed by atoms with E-state index in [-0.39, 0.29) is 19.0 Å². The van der Waals surface area contributed by atoms with E-state index < -0.39 is 30.0 Å². The number of hydrogen-bond donors (Lipinski definition) is 4. The molecule has 4 N–H and O–H groups in total. The summed E-state index contributed by atoms with van der Waals surface area (Å²) in [5.74, 6) is -1.51. The number of carbonyl (C=O) groups is 3. The monoisotopic (exact) mass is 405 g/mol. The van der Waals surface area contributed by atoms with E-state index in [1.165, 1.54) is 12.1 Å². The van der Waals surface area contributed by atoms with E-state index in [0.29, 0.717) is 17.1 Å². The van der Waals surface area contributed by atoms with E-state index in [2.05, 4.69) is 20.7 Å². The maximum atomic E-state index is 12.1. The van der Waals surface area contributed by atoms with Crippen LogP contribution in [-0.2, 0) is 14.4 Å². The zero-order chi connectivity index (χ0) is 21.3. The lowest BCUT2D eigenvalue weighted by atomic mass is 10.3. The van der Waals surface area contributed by atoms with Crippen molar-refractivity contribution in [1.82, 2.24) is 10.6 Å². The number of benzene rings is 1. The third-order valence-corrected chi connectivity index (χ3v) is 3.42. The van der Waals surface area contributed by atoms with E-state index in [1.54, 1.807) is 20.9 Å². The van der Waals surface area contributed by atoms with Gasteiger partial charge in [0.25, 0.3) is 11.8 Å². The predicted molar refractivity (Wildman–Crippen MR) is 94.7 cm³/mol. The zero-order valence-electron chi connectivity index (χ0n) is 15.8. The largest absolute Gasteiger partial charge is 0.573 e.